The number of piperazine rings is 1. The summed E-state index contributed by atoms with van der Waals surface area (Å²) in [6.45, 7) is 6.70. The predicted molar refractivity (Wildman–Crippen MR) is 114 cm³/mol. The third-order valence-corrected chi connectivity index (χ3v) is 5.99. The molecule has 0 saturated carbocycles. The fraction of sp³-hybridized carbons (Fsp3) is 0.609. The van der Waals surface area contributed by atoms with Crippen LogP contribution in [0.15, 0.2) is 24.3 Å². The van der Waals surface area contributed by atoms with Crippen molar-refractivity contribution in [2.75, 3.05) is 20.2 Å². The number of rotatable bonds is 7. The van der Waals surface area contributed by atoms with Crippen LogP contribution in [-0.2, 0) is 20.8 Å². The number of nitrogens with zero attached hydrogens (tertiary/aromatic N) is 2. The molecule has 3 amide bonds. The largest absolute Gasteiger partial charge is 0.496 e. The Kier molecular flexibility index (Phi) is 7.00. The number of nitrogens with one attached hydrogen (secondary N) is 1. The summed E-state index contributed by atoms with van der Waals surface area (Å²) in [7, 11) is 1.63. The minimum Gasteiger partial charge on any atom is -0.496 e. The van der Waals surface area contributed by atoms with Crippen LogP contribution >= 0.6 is 0 Å². The molecular weight excluding hydrogens is 382 g/mol. The van der Waals surface area contributed by atoms with Gasteiger partial charge in [-0.1, -0.05) is 32.0 Å². The maximum Gasteiger partial charge on any atom is 0.245 e. The average molecular weight is 416 g/mol. The van der Waals surface area contributed by atoms with E-state index in [0.29, 0.717) is 44.7 Å². The van der Waals surface area contributed by atoms with E-state index in [1.807, 2.05) is 29.2 Å². The lowest BCUT2D eigenvalue weighted by Crippen LogP contribution is -2.61. The maximum atomic E-state index is 13.3. The molecule has 7 heteroatoms. The molecular formula is C23H33N3O4. The van der Waals surface area contributed by atoms with Crippen molar-refractivity contribution in [1.29, 1.82) is 0 Å². The fourth-order valence-electron chi connectivity index (χ4n) is 4.68. The molecule has 0 unspecified atom stereocenters. The van der Waals surface area contributed by atoms with E-state index in [9.17, 15) is 14.4 Å². The van der Waals surface area contributed by atoms with Gasteiger partial charge in [0.05, 0.1) is 13.2 Å². The molecule has 30 heavy (non-hydrogen) atoms. The quantitative estimate of drug-likeness (QED) is 0.739. The molecule has 0 spiro atoms. The summed E-state index contributed by atoms with van der Waals surface area (Å²) in [5.74, 6) is 1.00. The molecule has 0 bridgehead atoms. The number of hydrogen-bond acceptors (Lipinski definition) is 4. The van der Waals surface area contributed by atoms with Gasteiger partial charge in [0, 0.05) is 32.5 Å². The molecule has 2 fully saturated rings. The predicted octanol–water partition coefficient (Wildman–Crippen LogP) is 1.99. The number of carbonyl (C=O) groups excluding carboxylic acids is 3. The highest BCUT2D eigenvalue weighted by Crippen LogP contribution is 2.30. The van der Waals surface area contributed by atoms with Gasteiger partial charge in [-0.05, 0) is 36.8 Å². The Morgan fingerprint density at radius 2 is 1.97 bits per heavy atom. The minimum absolute atomic E-state index is 0.00235. The molecule has 0 radical (unpaired) electrons. The van der Waals surface area contributed by atoms with Crippen molar-refractivity contribution in [2.45, 2.75) is 64.6 Å². The van der Waals surface area contributed by atoms with E-state index >= 15 is 0 Å². The Balaban J connectivity index is 1.73. The zero-order chi connectivity index (χ0) is 21.8. The van der Waals surface area contributed by atoms with Crippen LogP contribution in [-0.4, -0.2) is 65.8 Å². The number of benzene rings is 1. The summed E-state index contributed by atoms with van der Waals surface area (Å²) >= 11 is 0. The Morgan fingerprint density at radius 1 is 1.23 bits per heavy atom. The lowest BCUT2D eigenvalue weighted by molar-refractivity contribution is -0.154. The molecule has 164 valence electrons. The van der Waals surface area contributed by atoms with Crippen LogP contribution in [0.2, 0.25) is 0 Å². The number of carbonyl (C=O) groups is 3. The van der Waals surface area contributed by atoms with Crippen molar-refractivity contribution in [3.8, 4) is 5.75 Å². The molecule has 3 atom stereocenters. The van der Waals surface area contributed by atoms with Gasteiger partial charge in [-0.3, -0.25) is 14.4 Å². The van der Waals surface area contributed by atoms with E-state index in [1.165, 1.54) is 6.92 Å². The van der Waals surface area contributed by atoms with Crippen LogP contribution in [0, 0.1) is 5.92 Å². The van der Waals surface area contributed by atoms with Gasteiger partial charge in [0.25, 0.3) is 0 Å². The normalized spacial score (nSPS) is 23.5. The standard InChI is InChI=1S/C23H33N3O4/c1-15(2)11-20-23(29)25-13-18(24-16(3)27)12-19(25)14-26(20)22(28)10-9-17-7-5-6-8-21(17)30-4/h5-8,15,18-20H,9-14H2,1-4H3,(H,24,27)/t18-,19-,20-/m0/s1. The summed E-state index contributed by atoms with van der Waals surface area (Å²) in [6.07, 6.45) is 2.25. The van der Waals surface area contributed by atoms with Crippen molar-refractivity contribution in [1.82, 2.24) is 15.1 Å². The third-order valence-electron chi connectivity index (χ3n) is 5.99. The van der Waals surface area contributed by atoms with Crippen molar-refractivity contribution < 1.29 is 19.1 Å². The van der Waals surface area contributed by atoms with Crippen molar-refractivity contribution >= 4 is 17.7 Å². The Bertz CT molecular complexity index is 794. The summed E-state index contributed by atoms with van der Waals surface area (Å²) in [4.78, 5) is 41.6. The lowest BCUT2D eigenvalue weighted by atomic mass is 9.96. The molecule has 0 aromatic heterocycles. The first-order chi connectivity index (χ1) is 14.3. The van der Waals surface area contributed by atoms with Gasteiger partial charge in [0.1, 0.15) is 11.8 Å². The zero-order valence-corrected chi connectivity index (χ0v) is 18.4. The van der Waals surface area contributed by atoms with E-state index in [-0.39, 0.29) is 29.8 Å². The summed E-state index contributed by atoms with van der Waals surface area (Å²) in [6, 6.07) is 7.20. The number of amides is 3. The minimum atomic E-state index is -0.428. The topological polar surface area (TPSA) is 79.0 Å². The Labute approximate surface area is 178 Å². The van der Waals surface area contributed by atoms with Crippen LogP contribution in [0.5, 0.6) is 5.75 Å². The van der Waals surface area contributed by atoms with Crippen LogP contribution < -0.4 is 10.1 Å². The molecule has 2 saturated heterocycles. The van der Waals surface area contributed by atoms with Gasteiger partial charge in [-0.25, -0.2) is 0 Å². The highest BCUT2D eigenvalue weighted by molar-refractivity contribution is 5.89. The van der Waals surface area contributed by atoms with Gasteiger partial charge >= 0.3 is 0 Å². The molecule has 2 aliphatic rings. The van der Waals surface area contributed by atoms with Crippen LogP contribution in [0.1, 0.15) is 45.6 Å². The monoisotopic (exact) mass is 415 g/mol. The van der Waals surface area contributed by atoms with Gasteiger partial charge in [-0.2, -0.15) is 0 Å². The number of aryl methyl sites for hydroxylation is 1. The molecule has 2 aliphatic heterocycles. The SMILES string of the molecule is COc1ccccc1CCC(=O)N1C[C@@H]2C[C@H](NC(C)=O)CN2C(=O)[C@@H]1CC(C)C. The van der Waals surface area contributed by atoms with Gasteiger partial charge in [0.2, 0.25) is 17.7 Å². The molecule has 3 rings (SSSR count). The van der Waals surface area contributed by atoms with E-state index in [1.54, 1.807) is 12.0 Å². The van der Waals surface area contributed by atoms with Gasteiger partial charge in [0.15, 0.2) is 0 Å². The second-order valence-corrected chi connectivity index (χ2v) is 8.78. The van der Waals surface area contributed by atoms with Crippen LogP contribution in [0.25, 0.3) is 0 Å². The number of hydrogen-bond donors (Lipinski definition) is 1. The first kappa shape index (κ1) is 22.1. The maximum absolute atomic E-state index is 13.3. The van der Waals surface area contributed by atoms with E-state index in [4.69, 9.17) is 4.74 Å². The number of methoxy groups -OCH3 is 1. The first-order valence-corrected chi connectivity index (χ1v) is 10.8. The third kappa shape index (κ3) is 4.94. The Hall–Kier alpha value is -2.57. The smallest absolute Gasteiger partial charge is 0.245 e. The van der Waals surface area contributed by atoms with Crippen molar-refractivity contribution in [3.63, 3.8) is 0 Å². The summed E-state index contributed by atoms with van der Waals surface area (Å²) in [5.41, 5.74) is 0.991. The zero-order valence-electron chi connectivity index (χ0n) is 18.4. The van der Waals surface area contributed by atoms with Crippen LogP contribution in [0.4, 0.5) is 0 Å². The second kappa shape index (κ2) is 9.49. The van der Waals surface area contributed by atoms with Crippen molar-refractivity contribution in [2.24, 2.45) is 5.92 Å². The van der Waals surface area contributed by atoms with Gasteiger partial charge < -0.3 is 19.9 Å². The highest BCUT2D eigenvalue weighted by atomic mass is 16.5. The first-order valence-electron chi connectivity index (χ1n) is 10.8. The number of para-hydroxylation sites is 1. The van der Waals surface area contributed by atoms with Crippen LogP contribution in [0.3, 0.4) is 0 Å². The van der Waals surface area contributed by atoms with Gasteiger partial charge in [-0.15, -0.1) is 0 Å². The number of ether oxygens (including phenoxy) is 1. The van der Waals surface area contributed by atoms with Crippen molar-refractivity contribution in [3.05, 3.63) is 29.8 Å². The molecule has 1 N–H and O–H groups in total. The fourth-order valence-corrected chi connectivity index (χ4v) is 4.68. The lowest BCUT2D eigenvalue weighted by Gasteiger charge is -2.43. The molecule has 7 nitrogen and oxygen atoms in total. The highest BCUT2D eigenvalue weighted by Gasteiger charge is 2.46. The molecule has 2 heterocycles. The number of fused-ring (bicyclic) bond motifs is 1. The van der Waals surface area contributed by atoms with E-state index < -0.39 is 6.04 Å². The van der Waals surface area contributed by atoms with E-state index in [0.717, 1.165) is 11.3 Å². The summed E-state index contributed by atoms with van der Waals surface area (Å²) in [5, 5.41) is 2.93. The molecule has 1 aromatic rings. The molecule has 0 aliphatic carbocycles. The second-order valence-electron chi connectivity index (χ2n) is 8.78. The average Bonchev–Trinajstić information content (AvgIpc) is 3.10. The Morgan fingerprint density at radius 3 is 2.63 bits per heavy atom. The summed E-state index contributed by atoms with van der Waals surface area (Å²) < 4.78 is 5.39. The van der Waals surface area contributed by atoms with E-state index in [2.05, 4.69) is 19.2 Å². The molecule has 1 aromatic carbocycles.